The van der Waals surface area contributed by atoms with Gasteiger partial charge in [-0.3, -0.25) is 0 Å². The van der Waals surface area contributed by atoms with E-state index in [1.165, 1.54) is 18.9 Å². The maximum atomic E-state index is 5.61. The van der Waals surface area contributed by atoms with Crippen molar-refractivity contribution < 1.29 is 9.47 Å². The van der Waals surface area contributed by atoms with Gasteiger partial charge in [-0.05, 0) is 26.2 Å². The predicted octanol–water partition coefficient (Wildman–Crippen LogP) is 1.75. The van der Waals surface area contributed by atoms with Crippen LogP contribution < -0.4 is 0 Å². The van der Waals surface area contributed by atoms with Crippen LogP contribution in [0.15, 0.2) is 0 Å². The van der Waals surface area contributed by atoms with Gasteiger partial charge in [0.15, 0.2) is 0 Å². The molecule has 2 heterocycles. The van der Waals surface area contributed by atoms with Gasteiger partial charge in [0.25, 0.3) is 0 Å². The molecule has 2 saturated heterocycles. The lowest BCUT2D eigenvalue weighted by atomic mass is 9.94. The lowest BCUT2D eigenvalue weighted by Crippen LogP contribution is -2.20. The molecule has 2 fully saturated rings. The van der Waals surface area contributed by atoms with Crippen molar-refractivity contribution >= 4 is 0 Å². The highest BCUT2D eigenvalue weighted by atomic mass is 16.5. The van der Waals surface area contributed by atoms with Crippen LogP contribution in [0, 0.1) is 12.0 Å². The Bertz CT molecular complexity index is 130. The third kappa shape index (κ3) is 1.42. The molecule has 2 atom stereocenters. The average Bonchev–Trinajstić information content (AvgIpc) is 2.55. The van der Waals surface area contributed by atoms with Crippen molar-refractivity contribution in [3.63, 3.8) is 0 Å². The summed E-state index contributed by atoms with van der Waals surface area (Å²) in [7, 11) is 0. The van der Waals surface area contributed by atoms with Gasteiger partial charge in [0, 0.05) is 19.1 Å². The van der Waals surface area contributed by atoms with Crippen molar-refractivity contribution in [2.24, 2.45) is 5.92 Å². The maximum absolute atomic E-state index is 5.61. The van der Waals surface area contributed by atoms with Crippen LogP contribution in [0.2, 0.25) is 0 Å². The van der Waals surface area contributed by atoms with E-state index in [0.29, 0.717) is 12.0 Å². The van der Waals surface area contributed by atoms with Gasteiger partial charge in [0.05, 0.1) is 12.2 Å². The first-order valence-electron chi connectivity index (χ1n) is 4.46. The molecule has 0 saturated carbocycles. The second kappa shape index (κ2) is 3.11. The zero-order valence-electron chi connectivity index (χ0n) is 7.01. The molecule has 0 bridgehead atoms. The van der Waals surface area contributed by atoms with Gasteiger partial charge >= 0.3 is 0 Å². The monoisotopic (exact) mass is 155 g/mol. The molecule has 2 heteroatoms. The molecule has 2 rings (SSSR count). The van der Waals surface area contributed by atoms with E-state index in [2.05, 4.69) is 6.92 Å². The molecule has 2 aliphatic heterocycles. The van der Waals surface area contributed by atoms with E-state index in [-0.39, 0.29) is 0 Å². The molecule has 11 heavy (non-hydrogen) atoms. The first-order chi connectivity index (χ1) is 5.38. The van der Waals surface area contributed by atoms with Gasteiger partial charge in [0.1, 0.15) is 0 Å². The summed E-state index contributed by atoms with van der Waals surface area (Å²) in [5.41, 5.74) is 0. The molecule has 0 spiro atoms. The summed E-state index contributed by atoms with van der Waals surface area (Å²) in [5.74, 6) is 0.595. The Hall–Kier alpha value is -0.0800. The Labute approximate surface area is 67.9 Å². The molecule has 0 aromatic carbocycles. The van der Waals surface area contributed by atoms with E-state index >= 15 is 0 Å². The van der Waals surface area contributed by atoms with Crippen LogP contribution in [0.1, 0.15) is 26.2 Å². The Balaban J connectivity index is 1.92. The zero-order chi connectivity index (χ0) is 7.68. The molecule has 2 nitrogen and oxygen atoms in total. The molecule has 2 aliphatic rings. The lowest BCUT2D eigenvalue weighted by Gasteiger charge is -2.19. The van der Waals surface area contributed by atoms with Crippen LogP contribution >= 0.6 is 0 Å². The normalized spacial score (nSPS) is 40.1. The van der Waals surface area contributed by atoms with Crippen LogP contribution in [-0.2, 0) is 9.47 Å². The molecule has 0 N–H and O–H groups in total. The first-order valence-corrected chi connectivity index (χ1v) is 4.46. The van der Waals surface area contributed by atoms with Gasteiger partial charge in [-0.25, -0.2) is 0 Å². The summed E-state index contributed by atoms with van der Waals surface area (Å²) in [6.07, 6.45) is 5.28. The number of hydrogen-bond acceptors (Lipinski definition) is 2. The van der Waals surface area contributed by atoms with Crippen molar-refractivity contribution in [1.29, 1.82) is 0 Å². The van der Waals surface area contributed by atoms with Crippen LogP contribution in [-0.4, -0.2) is 19.3 Å². The quantitative estimate of drug-likeness (QED) is 0.574. The lowest BCUT2D eigenvalue weighted by molar-refractivity contribution is 0.0595. The van der Waals surface area contributed by atoms with E-state index in [1.54, 1.807) is 0 Å². The number of hydrogen-bond donors (Lipinski definition) is 0. The third-order valence-electron chi connectivity index (χ3n) is 2.69. The second-order valence-electron chi connectivity index (χ2n) is 3.41. The highest BCUT2D eigenvalue weighted by Crippen LogP contribution is 2.35. The minimum absolute atomic E-state index is 0.470. The standard InChI is InChI=1S/C9H15O2/c1-7-8(4-6-10-7)9-3-2-5-11-9/h8-9H,2-6H2,1H3. The van der Waals surface area contributed by atoms with E-state index in [1.807, 2.05) is 0 Å². The second-order valence-corrected chi connectivity index (χ2v) is 3.41. The number of ether oxygens (including phenoxy) is 2. The molecule has 2 unspecified atom stereocenters. The van der Waals surface area contributed by atoms with Gasteiger partial charge in [-0.2, -0.15) is 0 Å². The predicted molar refractivity (Wildman–Crippen MR) is 42.0 cm³/mol. The molecule has 0 aromatic rings. The van der Waals surface area contributed by atoms with Crippen molar-refractivity contribution in [2.45, 2.75) is 32.3 Å². The molecule has 1 radical (unpaired) electrons. The summed E-state index contributed by atoms with van der Waals surface area (Å²) >= 11 is 0. The summed E-state index contributed by atoms with van der Waals surface area (Å²) in [6, 6.07) is 0. The molecular weight excluding hydrogens is 140 g/mol. The minimum Gasteiger partial charge on any atom is -0.378 e. The summed E-state index contributed by atoms with van der Waals surface area (Å²) in [5, 5.41) is 0. The van der Waals surface area contributed by atoms with E-state index in [9.17, 15) is 0 Å². The highest BCUT2D eigenvalue weighted by Gasteiger charge is 2.34. The average molecular weight is 155 g/mol. The van der Waals surface area contributed by atoms with Crippen LogP contribution in [0.4, 0.5) is 0 Å². The minimum atomic E-state index is 0.470. The maximum Gasteiger partial charge on any atom is 0.0997 e. The number of rotatable bonds is 1. The summed E-state index contributed by atoms with van der Waals surface area (Å²) in [4.78, 5) is 0. The van der Waals surface area contributed by atoms with Gasteiger partial charge in [0.2, 0.25) is 0 Å². The molecule has 63 valence electrons. The largest absolute Gasteiger partial charge is 0.378 e. The van der Waals surface area contributed by atoms with E-state index in [4.69, 9.17) is 9.47 Å². The van der Waals surface area contributed by atoms with Crippen LogP contribution in [0.5, 0.6) is 0 Å². The Morgan fingerprint density at radius 3 is 2.73 bits per heavy atom. The first kappa shape index (κ1) is 7.56. The fourth-order valence-electron chi connectivity index (χ4n) is 2.02. The molecule has 0 aliphatic carbocycles. The van der Waals surface area contributed by atoms with Crippen LogP contribution in [0.3, 0.4) is 0 Å². The van der Waals surface area contributed by atoms with Gasteiger partial charge < -0.3 is 9.47 Å². The molecular formula is C9H15O2. The van der Waals surface area contributed by atoms with E-state index in [0.717, 1.165) is 19.6 Å². The van der Waals surface area contributed by atoms with Crippen molar-refractivity contribution in [1.82, 2.24) is 0 Å². The molecule has 0 amide bonds. The SMILES string of the molecule is C[C]1OCCC1C1CCCO1. The third-order valence-corrected chi connectivity index (χ3v) is 2.69. The zero-order valence-corrected chi connectivity index (χ0v) is 7.01. The van der Waals surface area contributed by atoms with Crippen molar-refractivity contribution in [3.8, 4) is 0 Å². The topological polar surface area (TPSA) is 18.5 Å². The molecule has 0 aromatic heterocycles. The Morgan fingerprint density at radius 2 is 2.18 bits per heavy atom. The Morgan fingerprint density at radius 1 is 1.27 bits per heavy atom. The van der Waals surface area contributed by atoms with E-state index < -0.39 is 0 Å². The smallest absolute Gasteiger partial charge is 0.0997 e. The van der Waals surface area contributed by atoms with Gasteiger partial charge in [-0.1, -0.05) is 0 Å². The fraction of sp³-hybridized carbons (Fsp3) is 0.889. The van der Waals surface area contributed by atoms with Crippen molar-refractivity contribution in [3.05, 3.63) is 6.10 Å². The van der Waals surface area contributed by atoms with Crippen molar-refractivity contribution in [2.75, 3.05) is 13.2 Å². The highest BCUT2D eigenvalue weighted by molar-refractivity contribution is 4.93. The Kier molecular flexibility index (Phi) is 2.14. The fourth-order valence-corrected chi connectivity index (χ4v) is 2.02. The summed E-state index contributed by atoms with van der Waals surface area (Å²) in [6.45, 7) is 3.93. The van der Waals surface area contributed by atoms with Gasteiger partial charge in [-0.15, -0.1) is 0 Å². The van der Waals surface area contributed by atoms with Crippen LogP contribution in [0.25, 0.3) is 0 Å². The summed E-state index contributed by atoms with van der Waals surface area (Å²) < 4.78 is 11.0.